The van der Waals surface area contributed by atoms with Gasteiger partial charge in [-0.1, -0.05) is 13.8 Å². The molecule has 0 saturated carbocycles. The summed E-state index contributed by atoms with van der Waals surface area (Å²) in [5.41, 5.74) is 0. The summed E-state index contributed by atoms with van der Waals surface area (Å²) in [6.07, 6.45) is 0.682. The molecule has 1 atom stereocenters. The molecule has 0 aromatic carbocycles. The molecule has 0 saturated heterocycles. The lowest BCUT2D eigenvalue weighted by atomic mass is 9.97. The highest BCUT2D eigenvalue weighted by Gasteiger charge is 2.19. The molecule has 0 aliphatic heterocycles. The highest BCUT2D eigenvalue weighted by Crippen LogP contribution is 2.10. The zero-order valence-electron chi connectivity index (χ0n) is 11.8. The van der Waals surface area contributed by atoms with E-state index in [1.54, 1.807) is 0 Å². The molecule has 0 aromatic rings. The maximum atomic E-state index is 11.4. The fourth-order valence-electron chi connectivity index (χ4n) is 1.59. The maximum absolute atomic E-state index is 11.4. The molecule has 0 aromatic heterocycles. The van der Waals surface area contributed by atoms with E-state index in [0.717, 1.165) is 0 Å². The number of hydrogen-bond acceptors (Lipinski definition) is 4. The largest absolute Gasteiger partial charge is 0.481 e. The Labute approximate surface area is 119 Å². The number of nitrogens with one attached hydrogen (secondary N) is 2. The summed E-state index contributed by atoms with van der Waals surface area (Å²) in [7, 11) is -3.52. The van der Waals surface area contributed by atoms with Crippen LogP contribution in [0.4, 0.5) is 4.79 Å². The van der Waals surface area contributed by atoms with Crippen molar-refractivity contribution in [1.29, 1.82) is 0 Å². The summed E-state index contributed by atoms with van der Waals surface area (Å²) in [5, 5.41) is 18.7. The molecule has 2 amide bonds. The molecule has 0 aliphatic carbocycles. The van der Waals surface area contributed by atoms with Crippen LogP contribution in [0.1, 0.15) is 26.7 Å². The first-order valence-electron chi connectivity index (χ1n) is 6.36. The van der Waals surface area contributed by atoms with Crippen LogP contribution in [0.2, 0.25) is 0 Å². The van der Waals surface area contributed by atoms with E-state index in [1.165, 1.54) is 0 Å². The lowest BCUT2D eigenvalue weighted by Crippen LogP contribution is -2.40. The summed E-state index contributed by atoms with van der Waals surface area (Å²) in [6, 6.07) is -0.519. The number of primary sulfonamides is 1. The Bertz CT molecular complexity index is 422. The SMILES string of the molecule is CC(C)CC(CNC(=O)NCCCS(N)(=O)=O)C(=O)O. The van der Waals surface area contributed by atoms with Gasteiger partial charge in [0, 0.05) is 13.1 Å². The molecular formula is C11H23N3O5S. The molecule has 118 valence electrons. The Morgan fingerprint density at radius 2 is 1.85 bits per heavy atom. The number of rotatable bonds is 9. The minimum Gasteiger partial charge on any atom is -0.481 e. The van der Waals surface area contributed by atoms with Gasteiger partial charge in [-0.3, -0.25) is 4.79 Å². The number of hydrogen-bond donors (Lipinski definition) is 4. The third-order valence-electron chi connectivity index (χ3n) is 2.51. The first-order valence-corrected chi connectivity index (χ1v) is 8.08. The minimum atomic E-state index is -3.52. The first kappa shape index (κ1) is 18.7. The van der Waals surface area contributed by atoms with Gasteiger partial charge in [0.25, 0.3) is 0 Å². The number of carbonyl (C=O) groups excluding carboxylic acids is 1. The molecule has 0 bridgehead atoms. The number of aliphatic carboxylic acids is 1. The van der Waals surface area contributed by atoms with Gasteiger partial charge in [0.2, 0.25) is 10.0 Å². The van der Waals surface area contributed by atoms with E-state index < -0.39 is 27.9 Å². The van der Waals surface area contributed by atoms with Crippen LogP contribution in [-0.2, 0) is 14.8 Å². The van der Waals surface area contributed by atoms with Gasteiger partial charge in [0.1, 0.15) is 0 Å². The first-order chi connectivity index (χ1) is 9.11. The Hall–Kier alpha value is -1.35. The Morgan fingerprint density at radius 1 is 1.25 bits per heavy atom. The third kappa shape index (κ3) is 10.6. The Morgan fingerprint density at radius 3 is 2.30 bits per heavy atom. The number of sulfonamides is 1. The zero-order valence-corrected chi connectivity index (χ0v) is 12.6. The van der Waals surface area contributed by atoms with Crippen molar-refractivity contribution in [3.8, 4) is 0 Å². The van der Waals surface area contributed by atoms with Gasteiger partial charge < -0.3 is 15.7 Å². The molecule has 0 spiro atoms. The molecule has 0 fully saturated rings. The van der Waals surface area contributed by atoms with E-state index in [1.807, 2.05) is 13.8 Å². The lowest BCUT2D eigenvalue weighted by molar-refractivity contribution is -0.142. The van der Waals surface area contributed by atoms with Gasteiger partial charge in [0.15, 0.2) is 0 Å². The summed E-state index contributed by atoms with van der Waals surface area (Å²) in [5.74, 6) is -1.58. The van der Waals surface area contributed by atoms with Crippen LogP contribution in [0, 0.1) is 11.8 Å². The fraction of sp³-hybridized carbons (Fsp3) is 0.818. The molecule has 0 heterocycles. The number of nitrogens with two attached hydrogens (primary N) is 1. The van der Waals surface area contributed by atoms with Gasteiger partial charge in [-0.15, -0.1) is 0 Å². The van der Waals surface area contributed by atoms with Crippen molar-refractivity contribution in [2.24, 2.45) is 17.0 Å². The van der Waals surface area contributed by atoms with Crippen LogP contribution >= 0.6 is 0 Å². The monoisotopic (exact) mass is 309 g/mol. The summed E-state index contributed by atoms with van der Waals surface area (Å²) < 4.78 is 21.3. The van der Waals surface area contributed by atoms with Gasteiger partial charge in [-0.25, -0.2) is 18.4 Å². The average Bonchev–Trinajstić information content (AvgIpc) is 2.28. The molecule has 20 heavy (non-hydrogen) atoms. The zero-order chi connectivity index (χ0) is 15.8. The molecule has 5 N–H and O–H groups in total. The molecule has 0 aliphatic rings. The molecule has 0 rings (SSSR count). The van der Waals surface area contributed by atoms with Crippen molar-refractivity contribution in [2.45, 2.75) is 26.7 Å². The van der Waals surface area contributed by atoms with Crippen molar-refractivity contribution in [3.63, 3.8) is 0 Å². The van der Waals surface area contributed by atoms with Gasteiger partial charge in [-0.2, -0.15) is 0 Å². The maximum Gasteiger partial charge on any atom is 0.314 e. The predicted octanol–water partition coefficient (Wildman–Crippen LogP) is -0.289. The molecule has 1 unspecified atom stereocenters. The van der Waals surface area contributed by atoms with E-state index in [0.29, 0.717) is 6.42 Å². The standard InChI is InChI=1S/C11H23N3O5S/c1-8(2)6-9(10(15)16)7-14-11(17)13-4-3-5-20(12,18)19/h8-9H,3-7H2,1-2H3,(H,15,16)(H2,12,18,19)(H2,13,14,17). The van der Waals surface area contributed by atoms with Crippen LogP contribution in [0.3, 0.4) is 0 Å². The average molecular weight is 309 g/mol. The molecule has 0 radical (unpaired) electrons. The molecular weight excluding hydrogens is 286 g/mol. The van der Waals surface area contributed by atoms with Gasteiger partial charge in [0.05, 0.1) is 11.7 Å². The van der Waals surface area contributed by atoms with Crippen molar-refractivity contribution in [2.75, 3.05) is 18.8 Å². The van der Waals surface area contributed by atoms with Gasteiger partial charge in [-0.05, 0) is 18.8 Å². The summed E-state index contributed by atoms with van der Waals surface area (Å²) in [4.78, 5) is 22.4. The highest BCUT2D eigenvalue weighted by molar-refractivity contribution is 7.89. The van der Waals surface area contributed by atoms with E-state index >= 15 is 0 Å². The third-order valence-corrected chi connectivity index (χ3v) is 3.36. The van der Waals surface area contributed by atoms with Crippen molar-refractivity contribution < 1.29 is 23.1 Å². The normalized spacial score (nSPS) is 13.0. The smallest absolute Gasteiger partial charge is 0.314 e. The number of urea groups is 1. The molecule has 8 nitrogen and oxygen atoms in total. The number of amides is 2. The quantitative estimate of drug-likeness (QED) is 0.433. The van der Waals surface area contributed by atoms with E-state index in [4.69, 9.17) is 10.2 Å². The predicted molar refractivity (Wildman–Crippen MR) is 74.6 cm³/mol. The van der Waals surface area contributed by atoms with E-state index in [2.05, 4.69) is 10.6 Å². The number of carboxylic acids is 1. The van der Waals surface area contributed by atoms with Crippen molar-refractivity contribution in [3.05, 3.63) is 0 Å². The topological polar surface area (TPSA) is 139 Å². The minimum absolute atomic E-state index is 0.0362. The summed E-state index contributed by atoms with van der Waals surface area (Å²) in [6.45, 7) is 4.01. The second-order valence-corrected chi connectivity index (χ2v) is 6.76. The Kier molecular flexibility index (Phi) is 8.16. The van der Waals surface area contributed by atoms with E-state index in [-0.39, 0.29) is 31.2 Å². The number of carboxylic acid groups (broad SMARTS) is 1. The van der Waals surface area contributed by atoms with Crippen LogP contribution < -0.4 is 15.8 Å². The second kappa shape index (κ2) is 8.75. The van der Waals surface area contributed by atoms with Crippen LogP contribution in [0.5, 0.6) is 0 Å². The van der Waals surface area contributed by atoms with Crippen molar-refractivity contribution >= 4 is 22.0 Å². The number of carbonyl (C=O) groups is 2. The molecule has 9 heteroatoms. The van der Waals surface area contributed by atoms with E-state index in [9.17, 15) is 18.0 Å². The second-order valence-electron chi connectivity index (χ2n) is 5.02. The van der Waals surface area contributed by atoms with Gasteiger partial charge >= 0.3 is 12.0 Å². The Balaban J connectivity index is 3.93. The van der Waals surface area contributed by atoms with Crippen LogP contribution in [0.25, 0.3) is 0 Å². The fourth-order valence-corrected chi connectivity index (χ4v) is 2.14. The van der Waals surface area contributed by atoms with Crippen LogP contribution in [-0.4, -0.2) is 44.4 Å². The van der Waals surface area contributed by atoms with Crippen molar-refractivity contribution in [1.82, 2.24) is 10.6 Å². The highest BCUT2D eigenvalue weighted by atomic mass is 32.2. The lowest BCUT2D eigenvalue weighted by Gasteiger charge is -2.15. The van der Waals surface area contributed by atoms with Crippen LogP contribution in [0.15, 0.2) is 0 Å². The summed E-state index contributed by atoms with van der Waals surface area (Å²) >= 11 is 0.